The molecular formula is C27H30N4O3. The highest BCUT2D eigenvalue weighted by atomic mass is 16.2. The van der Waals surface area contributed by atoms with Gasteiger partial charge in [0.25, 0.3) is 5.91 Å². The Morgan fingerprint density at radius 1 is 0.735 bits per heavy atom. The summed E-state index contributed by atoms with van der Waals surface area (Å²) in [5.74, 6) is -1.09. The van der Waals surface area contributed by atoms with Crippen molar-refractivity contribution in [1.29, 1.82) is 0 Å². The molecule has 7 heteroatoms. The summed E-state index contributed by atoms with van der Waals surface area (Å²) in [7, 11) is 0. The number of benzene rings is 3. The molecule has 3 rings (SSSR count). The van der Waals surface area contributed by atoms with Gasteiger partial charge < -0.3 is 21.7 Å². The molecule has 3 aromatic carbocycles. The van der Waals surface area contributed by atoms with Crippen molar-refractivity contribution in [2.45, 2.75) is 38.5 Å². The van der Waals surface area contributed by atoms with Crippen LogP contribution in [0.3, 0.4) is 0 Å². The van der Waals surface area contributed by atoms with Gasteiger partial charge in [-0.3, -0.25) is 14.4 Å². The molecule has 176 valence electrons. The quantitative estimate of drug-likeness (QED) is 0.373. The zero-order valence-electron chi connectivity index (χ0n) is 19.2. The van der Waals surface area contributed by atoms with E-state index in [4.69, 9.17) is 5.73 Å². The second-order valence-corrected chi connectivity index (χ2v) is 8.05. The van der Waals surface area contributed by atoms with Crippen molar-refractivity contribution in [3.63, 3.8) is 0 Å². The molecule has 0 saturated carbocycles. The topological polar surface area (TPSA) is 113 Å². The van der Waals surface area contributed by atoms with Crippen molar-refractivity contribution in [2.24, 2.45) is 5.73 Å². The van der Waals surface area contributed by atoms with E-state index in [-0.39, 0.29) is 11.8 Å². The summed E-state index contributed by atoms with van der Waals surface area (Å²) >= 11 is 0. The molecule has 5 N–H and O–H groups in total. The van der Waals surface area contributed by atoms with Crippen LogP contribution in [0, 0.1) is 0 Å². The first-order valence-corrected chi connectivity index (χ1v) is 11.2. The second kappa shape index (κ2) is 12.3. The molecule has 0 aromatic heterocycles. The summed E-state index contributed by atoms with van der Waals surface area (Å²) in [6.45, 7) is 2.37. The third-order valence-electron chi connectivity index (χ3n) is 5.42. The van der Waals surface area contributed by atoms with E-state index in [9.17, 15) is 14.4 Å². The molecule has 0 aliphatic heterocycles. The molecule has 0 bridgehead atoms. The molecule has 0 saturated heterocycles. The van der Waals surface area contributed by atoms with Crippen molar-refractivity contribution >= 4 is 17.7 Å². The number of nitrogens with two attached hydrogens (primary N) is 1. The summed E-state index contributed by atoms with van der Waals surface area (Å²) in [5.41, 5.74) is 8.95. The highest BCUT2D eigenvalue weighted by Gasteiger charge is 2.25. The van der Waals surface area contributed by atoms with Gasteiger partial charge in [0.05, 0.1) is 0 Å². The predicted molar refractivity (Wildman–Crippen MR) is 132 cm³/mol. The van der Waals surface area contributed by atoms with Crippen LogP contribution in [-0.4, -0.2) is 29.8 Å². The average Bonchev–Trinajstić information content (AvgIpc) is 2.88. The summed E-state index contributed by atoms with van der Waals surface area (Å²) in [4.78, 5) is 38.3. The molecule has 34 heavy (non-hydrogen) atoms. The van der Waals surface area contributed by atoms with Crippen LogP contribution in [0.1, 0.15) is 34.0 Å². The summed E-state index contributed by atoms with van der Waals surface area (Å²) in [6.07, 6.45) is 0.323. The van der Waals surface area contributed by atoms with Crippen LogP contribution in [0.25, 0.3) is 0 Å². The van der Waals surface area contributed by atoms with E-state index in [2.05, 4.69) is 16.0 Å². The van der Waals surface area contributed by atoms with Crippen molar-refractivity contribution in [2.75, 3.05) is 0 Å². The Morgan fingerprint density at radius 3 is 1.94 bits per heavy atom. The van der Waals surface area contributed by atoms with E-state index in [1.807, 2.05) is 60.7 Å². The van der Waals surface area contributed by atoms with Crippen LogP contribution < -0.4 is 21.7 Å². The molecule has 3 aromatic rings. The van der Waals surface area contributed by atoms with Crippen LogP contribution in [0.4, 0.5) is 0 Å². The summed E-state index contributed by atoms with van der Waals surface area (Å²) < 4.78 is 0. The first-order valence-electron chi connectivity index (χ1n) is 11.2. The highest BCUT2D eigenvalue weighted by molar-refractivity contribution is 5.98. The Bertz CT molecular complexity index is 1090. The van der Waals surface area contributed by atoms with Gasteiger partial charge in [0.15, 0.2) is 0 Å². The predicted octanol–water partition coefficient (Wildman–Crippen LogP) is 2.31. The van der Waals surface area contributed by atoms with Gasteiger partial charge in [-0.1, -0.05) is 72.8 Å². The lowest BCUT2D eigenvalue weighted by Crippen LogP contribution is -2.53. The van der Waals surface area contributed by atoms with Crippen LogP contribution >= 0.6 is 0 Å². The lowest BCUT2D eigenvalue weighted by molar-refractivity contribution is -0.129. The third kappa shape index (κ3) is 7.28. The average molecular weight is 459 g/mol. The second-order valence-electron chi connectivity index (χ2n) is 8.05. The number of nitrogens with one attached hydrogen (secondary N) is 3. The van der Waals surface area contributed by atoms with Crippen molar-refractivity contribution in [1.82, 2.24) is 16.0 Å². The van der Waals surface area contributed by atoms with E-state index in [1.54, 1.807) is 31.2 Å². The van der Waals surface area contributed by atoms with Gasteiger partial charge >= 0.3 is 0 Å². The van der Waals surface area contributed by atoms with E-state index in [0.29, 0.717) is 25.1 Å². The third-order valence-corrected chi connectivity index (χ3v) is 5.42. The molecule has 0 aliphatic carbocycles. The Hall–Kier alpha value is -3.97. The van der Waals surface area contributed by atoms with E-state index >= 15 is 0 Å². The molecule has 0 heterocycles. The van der Waals surface area contributed by atoms with Gasteiger partial charge in [-0.05, 0) is 35.7 Å². The Balaban J connectivity index is 1.64. The number of hydrogen-bond acceptors (Lipinski definition) is 4. The summed E-state index contributed by atoms with van der Waals surface area (Å²) in [6, 6.07) is 24.2. The first-order chi connectivity index (χ1) is 16.5. The molecule has 0 spiro atoms. The molecule has 0 unspecified atom stereocenters. The maximum absolute atomic E-state index is 13.0. The van der Waals surface area contributed by atoms with E-state index in [1.165, 1.54) is 0 Å². The molecular weight excluding hydrogens is 428 g/mol. The van der Waals surface area contributed by atoms with Crippen LogP contribution in [-0.2, 0) is 29.1 Å². The molecule has 7 nitrogen and oxygen atoms in total. The number of rotatable bonds is 10. The molecule has 0 fully saturated rings. The van der Waals surface area contributed by atoms with Crippen molar-refractivity contribution < 1.29 is 14.4 Å². The zero-order chi connectivity index (χ0) is 24.3. The van der Waals surface area contributed by atoms with Crippen molar-refractivity contribution in [3.05, 3.63) is 107 Å². The largest absolute Gasteiger partial charge is 0.350 e. The smallest absolute Gasteiger partial charge is 0.251 e. The molecule has 0 radical (unpaired) electrons. The Labute approximate surface area is 199 Å². The van der Waals surface area contributed by atoms with Gasteiger partial charge in [0.2, 0.25) is 11.8 Å². The standard InChI is InChI=1S/C27H30N4O3/c1-19(30-26(33)23-10-6-3-7-11-23)25(32)31-24(16-20-8-4-2-5-9-20)27(34)29-18-22-14-12-21(17-28)13-15-22/h2-15,19,24H,16-18,28H2,1H3,(H,29,34)(H,30,33)(H,31,32)/t19-,24+/m1/s1. The van der Waals surface area contributed by atoms with Gasteiger partial charge in [-0.2, -0.15) is 0 Å². The van der Waals surface area contributed by atoms with Gasteiger partial charge in [0, 0.05) is 25.1 Å². The van der Waals surface area contributed by atoms with Crippen LogP contribution in [0.2, 0.25) is 0 Å². The van der Waals surface area contributed by atoms with Gasteiger partial charge in [0.1, 0.15) is 12.1 Å². The van der Waals surface area contributed by atoms with Crippen LogP contribution in [0.15, 0.2) is 84.9 Å². The highest BCUT2D eigenvalue weighted by Crippen LogP contribution is 2.07. The number of carbonyl (C=O) groups excluding carboxylic acids is 3. The van der Waals surface area contributed by atoms with E-state index < -0.39 is 18.0 Å². The lowest BCUT2D eigenvalue weighted by Gasteiger charge is -2.21. The Morgan fingerprint density at radius 2 is 1.32 bits per heavy atom. The number of amides is 3. The fourth-order valence-electron chi connectivity index (χ4n) is 3.40. The zero-order valence-corrected chi connectivity index (χ0v) is 19.2. The number of hydrogen-bond donors (Lipinski definition) is 4. The summed E-state index contributed by atoms with van der Waals surface area (Å²) in [5, 5.41) is 8.37. The lowest BCUT2D eigenvalue weighted by atomic mass is 10.0. The molecule has 2 atom stereocenters. The minimum Gasteiger partial charge on any atom is -0.350 e. The molecule has 3 amide bonds. The van der Waals surface area contributed by atoms with E-state index in [0.717, 1.165) is 16.7 Å². The maximum Gasteiger partial charge on any atom is 0.251 e. The minimum absolute atomic E-state index is 0.304. The normalized spacial score (nSPS) is 12.3. The first kappa shape index (κ1) is 24.7. The van der Waals surface area contributed by atoms with Crippen LogP contribution in [0.5, 0.6) is 0 Å². The van der Waals surface area contributed by atoms with Crippen molar-refractivity contribution in [3.8, 4) is 0 Å². The monoisotopic (exact) mass is 458 g/mol. The Kier molecular flexibility index (Phi) is 8.94. The minimum atomic E-state index is -0.817. The SMILES string of the molecule is C[C@@H](NC(=O)c1ccccc1)C(=O)N[C@@H](Cc1ccccc1)C(=O)NCc1ccc(CN)cc1. The van der Waals surface area contributed by atoms with Gasteiger partial charge in [-0.15, -0.1) is 0 Å². The molecule has 0 aliphatic rings. The fourth-order valence-corrected chi connectivity index (χ4v) is 3.40. The fraction of sp³-hybridized carbons (Fsp3) is 0.222. The maximum atomic E-state index is 13.0. The number of carbonyl (C=O) groups is 3. The van der Waals surface area contributed by atoms with Gasteiger partial charge in [-0.25, -0.2) is 0 Å².